The molecule has 1 aromatic rings. The molecule has 0 unspecified atom stereocenters. The van der Waals surface area contributed by atoms with Crippen LogP contribution in [0.2, 0.25) is 0 Å². The van der Waals surface area contributed by atoms with E-state index in [9.17, 15) is 0 Å². The lowest BCUT2D eigenvalue weighted by atomic mass is 9.99. The van der Waals surface area contributed by atoms with Crippen LogP contribution in [0.5, 0.6) is 0 Å². The summed E-state index contributed by atoms with van der Waals surface area (Å²) in [5.41, 5.74) is 0. The molecule has 17 heavy (non-hydrogen) atoms. The van der Waals surface area contributed by atoms with E-state index in [-0.39, 0.29) is 0 Å². The molecule has 1 aromatic heterocycles. The molecule has 0 amide bonds. The molecule has 2 aliphatic rings. The van der Waals surface area contributed by atoms with Crippen molar-refractivity contribution in [2.75, 3.05) is 50.8 Å². The summed E-state index contributed by atoms with van der Waals surface area (Å²) in [6.07, 6.45) is 1.87. The second-order valence-electron chi connectivity index (χ2n) is 4.87. The molecule has 2 saturated heterocycles. The second-order valence-corrected chi connectivity index (χ2v) is 4.87. The van der Waals surface area contributed by atoms with Gasteiger partial charge in [-0.3, -0.25) is 4.90 Å². The van der Waals surface area contributed by atoms with Gasteiger partial charge in [-0.15, -0.1) is 0 Å². The number of hydrogen-bond acceptors (Lipinski definition) is 4. The van der Waals surface area contributed by atoms with Crippen molar-refractivity contribution in [3.05, 3.63) is 24.4 Å². The summed E-state index contributed by atoms with van der Waals surface area (Å²) in [5, 5.41) is 0. The SMILES string of the molecule is c1ccc(N2CC(CN3CCOCC3)C2)nc1. The molecule has 4 heteroatoms. The Bertz CT molecular complexity index is 345. The van der Waals surface area contributed by atoms with Crippen LogP contribution in [0.3, 0.4) is 0 Å². The Hall–Kier alpha value is -1.13. The smallest absolute Gasteiger partial charge is 0.128 e. The van der Waals surface area contributed by atoms with E-state index in [1.807, 2.05) is 12.3 Å². The lowest BCUT2D eigenvalue weighted by Crippen LogP contribution is -2.53. The zero-order valence-electron chi connectivity index (χ0n) is 10.1. The Kier molecular flexibility index (Phi) is 3.25. The molecular weight excluding hydrogens is 214 g/mol. The third-order valence-electron chi connectivity index (χ3n) is 3.55. The second kappa shape index (κ2) is 5.02. The average molecular weight is 233 g/mol. The van der Waals surface area contributed by atoms with Crippen LogP contribution in [-0.4, -0.2) is 55.8 Å². The Morgan fingerprint density at radius 3 is 2.76 bits per heavy atom. The maximum absolute atomic E-state index is 5.36. The van der Waals surface area contributed by atoms with Gasteiger partial charge in [0.25, 0.3) is 0 Å². The van der Waals surface area contributed by atoms with Crippen LogP contribution in [0.4, 0.5) is 5.82 Å². The van der Waals surface area contributed by atoms with Crippen LogP contribution in [0.25, 0.3) is 0 Å². The summed E-state index contributed by atoms with van der Waals surface area (Å²) in [6, 6.07) is 6.11. The van der Waals surface area contributed by atoms with Crippen molar-refractivity contribution in [2.24, 2.45) is 5.92 Å². The number of ether oxygens (including phenoxy) is 1. The van der Waals surface area contributed by atoms with Gasteiger partial charge in [0.1, 0.15) is 5.82 Å². The maximum Gasteiger partial charge on any atom is 0.128 e. The van der Waals surface area contributed by atoms with E-state index in [2.05, 4.69) is 26.9 Å². The fourth-order valence-corrected chi connectivity index (χ4v) is 2.56. The first-order valence-electron chi connectivity index (χ1n) is 6.38. The van der Waals surface area contributed by atoms with E-state index in [1.54, 1.807) is 0 Å². The molecule has 0 aliphatic carbocycles. The molecule has 0 saturated carbocycles. The topological polar surface area (TPSA) is 28.6 Å². The lowest BCUT2D eigenvalue weighted by Gasteiger charge is -2.43. The molecule has 0 spiro atoms. The minimum absolute atomic E-state index is 0.801. The molecule has 0 bridgehead atoms. The van der Waals surface area contributed by atoms with Crippen molar-refractivity contribution >= 4 is 5.82 Å². The van der Waals surface area contributed by atoms with Crippen LogP contribution in [0.15, 0.2) is 24.4 Å². The van der Waals surface area contributed by atoms with Gasteiger partial charge in [0.2, 0.25) is 0 Å². The van der Waals surface area contributed by atoms with Crippen LogP contribution < -0.4 is 4.90 Å². The molecule has 2 fully saturated rings. The number of aromatic nitrogens is 1. The van der Waals surface area contributed by atoms with E-state index in [0.29, 0.717) is 0 Å². The number of morpholine rings is 1. The molecule has 0 N–H and O–H groups in total. The van der Waals surface area contributed by atoms with E-state index in [4.69, 9.17) is 4.74 Å². The minimum Gasteiger partial charge on any atom is -0.379 e. The maximum atomic E-state index is 5.36. The Balaban J connectivity index is 1.45. The predicted octanol–water partition coefficient (Wildman–Crippen LogP) is 0.850. The van der Waals surface area contributed by atoms with Gasteiger partial charge in [-0.25, -0.2) is 4.98 Å². The number of rotatable bonds is 3. The zero-order chi connectivity index (χ0) is 11.5. The highest BCUT2D eigenvalue weighted by Gasteiger charge is 2.29. The highest BCUT2D eigenvalue weighted by molar-refractivity contribution is 5.40. The summed E-state index contributed by atoms with van der Waals surface area (Å²) in [4.78, 5) is 9.24. The molecule has 3 heterocycles. The molecule has 4 nitrogen and oxygen atoms in total. The fraction of sp³-hybridized carbons (Fsp3) is 0.615. The zero-order valence-corrected chi connectivity index (χ0v) is 10.1. The molecule has 2 aliphatic heterocycles. The van der Waals surface area contributed by atoms with Crippen molar-refractivity contribution < 1.29 is 4.74 Å². The van der Waals surface area contributed by atoms with Gasteiger partial charge >= 0.3 is 0 Å². The number of anilines is 1. The van der Waals surface area contributed by atoms with Crippen molar-refractivity contribution in [3.8, 4) is 0 Å². The van der Waals surface area contributed by atoms with Crippen molar-refractivity contribution in [1.82, 2.24) is 9.88 Å². The Morgan fingerprint density at radius 2 is 2.06 bits per heavy atom. The van der Waals surface area contributed by atoms with Crippen molar-refractivity contribution in [1.29, 1.82) is 0 Å². The summed E-state index contributed by atoms with van der Waals surface area (Å²) in [7, 11) is 0. The summed E-state index contributed by atoms with van der Waals surface area (Å²) in [6.45, 7) is 7.50. The van der Waals surface area contributed by atoms with E-state index in [0.717, 1.165) is 51.1 Å². The third kappa shape index (κ3) is 2.58. The highest BCUT2D eigenvalue weighted by Crippen LogP contribution is 2.23. The molecule has 0 radical (unpaired) electrons. The third-order valence-corrected chi connectivity index (χ3v) is 3.55. The predicted molar refractivity (Wildman–Crippen MR) is 67.2 cm³/mol. The first-order valence-corrected chi connectivity index (χ1v) is 6.38. The van der Waals surface area contributed by atoms with E-state index >= 15 is 0 Å². The fourth-order valence-electron chi connectivity index (χ4n) is 2.56. The summed E-state index contributed by atoms with van der Waals surface area (Å²) >= 11 is 0. The summed E-state index contributed by atoms with van der Waals surface area (Å²) in [5.74, 6) is 1.92. The Morgan fingerprint density at radius 1 is 1.24 bits per heavy atom. The van der Waals surface area contributed by atoms with Gasteiger partial charge in [-0.2, -0.15) is 0 Å². The van der Waals surface area contributed by atoms with Crippen LogP contribution in [-0.2, 0) is 4.74 Å². The standard InChI is InChI=1S/C13H19N3O/c1-2-4-14-13(3-1)16-10-12(11-16)9-15-5-7-17-8-6-15/h1-4,12H,5-11H2. The Labute approximate surface area is 102 Å². The molecule has 3 rings (SSSR count). The minimum atomic E-state index is 0.801. The van der Waals surface area contributed by atoms with Gasteiger partial charge in [0.15, 0.2) is 0 Å². The molecule has 92 valence electrons. The molecular formula is C13H19N3O. The average Bonchev–Trinajstić information content (AvgIpc) is 2.36. The van der Waals surface area contributed by atoms with E-state index in [1.165, 1.54) is 6.54 Å². The number of pyridine rings is 1. The van der Waals surface area contributed by atoms with Crippen molar-refractivity contribution in [3.63, 3.8) is 0 Å². The first-order chi connectivity index (χ1) is 8.42. The number of nitrogens with zero attached hydrogens (tertiary/aromatic N) is 3. The van der Waals surface area contributed by atoms with Gasteiger partial charge in [0, 0.05) is 44.8 Å². The van der Waals surface area contributed by atoms with E-state index < -0.39 is 0 Å². The van der Waals surface area contributed by atoms with Gasteiger partial charge in [-0.05, 0) is 12.1 Å². The number of hydrogen-bond donors (Lipinski definition) is 0. The first kappa shape index (κ1) is 11.0. The summed E-state index contributed by atoms with van der Waals surface area (Å²) < 4.78 is 5.36. The highest BCUT2D eigenvalue weighted by atomic mass is 16.5. The van der Waals surface area contributed by atoms with Gasteiger partial charge in [-0.1, -0.05) is 6.07 Å². The van der Waals surface area contributed by atoms with Crippen LogP contribution in [0.1, 0.15) is 0 Å². The van der Waals surface area contributed by atoms with Crippen molar-refractivity contribution in [2.45, 2.75) is 0 Å². The van der Waals surface area contributed by atoms with Crippen LogP contribution in [0, 0.1) is 5.92 Å². The molecule has 0 aromatic carbocycles. The largest absolute Gasteiger partial charge is 0.379 e. The van der Waals surface area contributed by atoms with Gasteiger partial charge in [0.05, 0.1) is 13.2 Å². The van der Waals surface area contributed by atoms with Gasteiger partial charge < -0.3 is 9.64 Å². The monoisotopic (exact) mass is 233 g/mol. The lowest BCUT2D eigenvalue weighted by molar-refractivity contribution is 0.0285. The molecule has 0 atom stereocenters. The van der Waals surface area contributed by atoms with Crippen LogP contribution >= 0.6 is 0 Å². The normalized spacial score (nSPS) is 22.5. The quantitative estimate of drug-likeness (QED) is 0.774.